The van der Waals surface area contributed by atoms with E-state index in [1.54, 1.807) is 4.90 Å². The first-order valence-corrected chi connectivity index (χ1v) is 9.67. The predicted molar refractivity (Wildman–Crippen MR) is 106 cm³/mol. The third-order valence-corrected chi connectivity index (χ3v) is 5.41. The van der Waals surface area contributed by atoms with Crippen LogP contribution < -0.4 is 4.90 Å². The molecule has 0 aromatic heterocycles. The smallest absolute Gasteiger partial charge is 0.253 e. The molecule has 0 spiro atoms. The molecular weight excluding hydrogens is 338 g/mol. The van der Waals surface area contributed by atoms with E-state index in [2.05, 4.69) is 29.2 Å². The van der Waals surface area contributed by atoms with Crippen molar-refractivity contribution in [3.8, 4) is 0 Å². The molecule has 140 valence electrons. The van der Waals surface area contributed by atoms with Gasteiger partial charge in [-0.1, -0.05) is 30.3 Å². The summed E-state index contributed by atoms with van der Waals surface area (Å²) in [5, 5.41) is 0. The number of piperazine rings is 1. The van der Waals surface area contributed by atoms with Crippen LogP contribution in [0.3, 0.4) is 0 Å². The Hall–Kier alpha value is -2.66. The Kier molecular flexibility index (Phi) is 5.21. The Morgan fingerprint density at radius 2 is 1.56 bits per heavy atom. The van der Waals surface area contributed by atoms with E-state index in [1.165, 1.54) is 5.56 Å². The van der Waals surface area contributed by atoms with Crippen molar-refractivity contribution in [2.24, 2.45) is 0 Å². The van der Waals surface area contributed by atoms with Gasteiger partial charge in [0, 0.05) is 56.9 Å². The van der Waals surface area contributed by atoms with Gasteiger partial charge in [0.15, 0.2) is 0 Å². The lowest BCUT2D eigenvalue weighted by Crippen LogP contribution is -2.48. The van der Waals surface area contributed by atoms with Gasteiger partial charge in [-0.2, -0.15) is 0 Å². The Bertz CT molecular complexity index is 796. The second kappa shape index (κ2) is 7.92. The number of benzene rings is 2. The maximum atomic E-state index is 12.8. The molecule has 0 bridgehead atoms. The average molecular weight is 363 g/mol. The van der Waals surface area contributed by atoms with Gasteiger partial charge in [-0.05, 0) is 36.2 Å². The maximum Gasteiger partial charge on any atom is 0.253 e. The normalized spacial score (nSPS) is 18.1. The van der Waals surface area contributed by atoms with Crippen LogP contribution in [0.1, 0.15) is 28.8 Å². The molecule has 2 aromatic carbocycles. The topological polar surface area (TPSA) is 43.9 Å². The van der Waals surface area contributed by atoms with Crippen LogP contribution >= 0.6 is 0 Å². The molecule has 27 heavy (non-hydrogen) atoms. The highest BCUT2D eigenvalue weighted by atomic mass is 16.2. The lowest BCUT2D eigenvalue weighted by Gasteiger charge is -2.34. The third-order valence-electron chi connectivity index (χ3n) is 5.41. The number of anilines is 1. The summed E-state index contributed by atoms with van der Waals surface area (Å²) in [7, 11) is 0. The summed E-state index contributed by atoms with van der Waals surface area (Å²) in [5.41, 5.74) is 2.90. The quantitative estimate of drug-likeness (QED) is 0.839. The molecule has 0 aliphatic carbocycles. The van der Waals surface area contributed by atoms with Gasteiger partial charge >= 0.3 is 0 Å². The van der Waals surface area contributed by atoms with Crippen molar-refractivity contribution in [1.29, 1.82) is 0 Å². The van der Waals surface area contributed by atoms with Crippen LogP contribution in [0.4, 0.5) is 5.69 Å². The fourth-order valence-corrected chi connectivity index (χ4v) is 3.84. The minimum Gasteiger partial charge on any atom is -0.336 e. The molecule has 0 N–H and O–H groups in total. The number of hydrogen-bond acceptors (Lipinski definition) is 3. The molecule has 2 saturated heterocycles. The van der Waals surface area contributed by atoms with E-state index in [-0.39, 0.29) is 11.8 Å². The lowest BCUT2D eigenvalue weighted by atomic mass is 10.1. The van der Waals surface area contributed by atoms with Gasteiger partial charge in [-0.3, -0.25) is 14.5 Å². The second-order valence-electron chi connectivity index (χ2n) is 7.25. The van der Waals surface area contributed by atoms with Crippen LogP contribution in [0.5, 0.6) is 0 Å². The summed E-state index contributed by atoms with van der Waals surface area (Å²) < 4.78 is 0. The first-order valence-electron chi connectivity index (χ1n) is 9.67. The molecule has 0 radical (unpaired) electrons. The van der Waals surface area contributed by atoms with Gasteiger partial charge in [-0.15, -0.1) is 0 Å². The minimum atomic E-state index is 0.0775. The van der Waals surface area contributed by atoms with Crippen molar-refractivity contribution in [3.63, 3.8) is 0 Å². The van der Waals surface area contributed by atoms with E-state index < -0.39 is 0 Å². The van der Waals surface area contributed by atoms with Crippen molar-refractivity contribution in [2.45, 2.75) is 19.4 Å². The predicted octanol–water partition coefficient (Wildman–Crippen LogP) is 2.77. The molecular formula is C22H25N3O2. The van der Waals surface area contributed by atoms with E-state index in [0.717, 1.165) is 51.4 Å². The van der Waals surface area contributed by atoms with Crippen LogP contribution in [-0.4, -0.2) is 54.3 Å². The zero-order valence-corrected chi connectivity index (χ0v) is 15.5. The zero-order chi connectivity index (χ0) is 18.6. The monoisotopic (exact) mass is 363 g/mol. The van der Waals surface area contributed by atoms with Crippen molar-refractivity contribution >= 4 is 17.5 Å². The largest absolute Gasteiger partial charge is 0.336 e. The van der Waals surface area contributed by atoms with Gasteiger partial charge in [0.1, 0.15) is 0 Å². The zero-order valence-electron chi connectivity index (χ0n) is 15.5. The first kappa shape index (κ1) is 17.7. The van der Waals surface area contributed by atoms with Crippen molar-refractivity contribution in [1.82, 2.24) is 9.80 Å². The fourth-order valence-electron chi connectivity index (χ4n) is 3.84. The molecule has 4 rings (SSSR count). The highest BCUT2D eigenvalue weighted by molar-refractivity contribution is 5.97. The van der Waals surface area contributed by atoms with E-state index in [0.29, 0.717) is 12.0 Å². The lowest BCUT2D eigenvalue weighted by molar-refractivity contribution is -0.117. The summed E-state index contributed by atoms with van der Waals surface area (Å²) >= 11 is 0. The van der Waals surface area contributed by atoms with Crippen molar-refractivity contribution in [3.05, 3.63) is 65.7 Å². The summed E-state index contributed by atoms with van der Waals surface area (Å²) in [6, 6.07) is 17.9. The average Bonchev–Trinajstić information content (AvgIpc) is 3.15. The Balaban J connectivity index is 1.33. The number of hydrogen-bond donors (Lipinski definition) is 0. The van der Waals surface area contributed by atoms with Gasteiger partial charge < -0.3 is 9.80 Å². The number of nitrogens with zero attached hydrogens (tertiary/aromatic N) is 3. The van der Waals surface area contributed by atoms with Gasteiger partial charge in [0.25, 0.3) is 5.91 Å². The van der Waals surface area contributed by atoms with E-state index in [1.807, 2.05) is 35.2 Å². The summed E-state index contributed by atoms with van der Waals surface area (Å²) in [4.78, 5) is 30.8. The minimum absolute atomic E-state index is 0.0775. The highest BCUT2D eigenvalue weighted by Crippen LogP contribution is 2.22. The molecule has 2 aliphatic heterocycles. The highest BCUT2D eigenvalue weighted by Gasteiger charge is 2.24. The fraction of sp³-hybridized carbons (Fsp3) is 0.364. The number of rotatable bonds is 4. The van der Waals surface area contributed by atoms with Gasteiger partial charge in [-0.25, -0.2) is 0 Å². The summed E-state index contributed by atoms with van der Waals surface area (Å²) in [6.07, 6.45) is 1.53. The van der Waals surface area contributed by atoms with E-state index in [4.69, 9.17) is 0 Å². The van der Waals surface area contributed by atoms with Crippen molar-refractivity contribution in [2.75, 3.05) is 37.6 Å². The van der Waals surface area contributed by atoms with E-state index >= 15 is 0 Å². The number of carbonyl (C=O) groups excluding carboxylic acids is 2. The van der Waals surface area contributed by atoms with Crippen LogP contribution in [0.25, 0.3) is 0 Å². The Labute approximate surface area is 160 Å². The molecule has 0 atom stereocenters. The number of carbonyl (C=O) groups is 2. The maximum absolute atomic E-state index is 12.8. The molecule has 2 aromatic rings. The summed E-state index contributed by atoms with van der Waals surface area (Å²) in [6.45, 7) is 4.98. The van der Waals surface area contributed by atoms with Crippen molar-refractivity contribution < 1.29 is 9.59 Å². The SMILES string of the molecule is O=C(c1ccc(N2CCCC2=O)cc1)N1CCN(Cc2ccccc2)CC1. The van der Waals surface area contributed by atoms with Gasteiger partial charge in [0.2, 0.25) is 5.91 Å². The molecule has 0 unspecified atom stereocenters. The second-order valence-corrected chi connectivity index (χ2v) is 7.25. The van der Waals surface area contributed by atoms with E-state index in [9.17, 15) is 9.59 Å². The first-order chi connectivity index (χ1) is 13.2. The van der Waals surface area contributed by atoms with Crippen LogP contribution in [0.2, 0.25) is 0 Å². The molecule has 2 heterocycles. The molecule has 2 fully saturated rings. The van der Waals surface area contributed by atoms with Crippen LogP contribution in [0.15, 0.2) is 54.6 Å². The molecule has 0 saturated carbocycles. The number of amides is 2. The molecule has 2 amide bonds. The molecule has 2 aliphatic rings. The molecule has 5 nitrogen and oxygen atoms in total. The Morgan fingerprint density at radius 1 is 0.852 bits per heavy atom. The molecule has 5 heteroatoms. The Morgan fingerprint density at radius 3 is 2.19 bits per heavy atom. The van der Waals surface area contributed by atoms with Crippen LogP contribution in [0, 0.1) is 0 Å². The standard InChI is InChI=1S/C22H25N3O2/c26-21-7-4-12-25(21)20-10-8-19(9-11-20)22(27)24-15-13-23(14-16-24)17-18-5-2-1-3-6-18/h1-3,5-6,8-11H,4,7,12-17H2. The van der Waals surface area contributed by atoms with Gasteiger partial charge in [0.05, 0.1) is 0 Å². The summed E-state index contributed by atoms with van der Waals surface area (Å²) in [5.74, 6) is 0.247. The third kappa shape index (κ3) is 4.03. The van der Waals surface area contributed by atoms with Crippen LogP contribution in [-0.2, 0) is 11.3 Å².